The second-order valence-electron chi connectivity index (χ2n) is 6.20. The molecule has 1 amide bonds. The first kappa shape index (κ1) is 17.0. The molecular formula is C20H21N3O2S. The number of anilines is 1. The van der Waals surface area contributed by atoms with E-state index in [1.807, 2.05) is 42.5 Å². The van der Waals surface area contributed by atoms with Gasteiger partial charge in [-0.25, -0.2) is 4.98 Å². The lowest BCUT2D eigenvalue weighted by molar-refractivity contribution is 0.0952. The molecule has 6 heteroatoms. The summed E-state index contributed by atoms with van der Waals surface area (Å²) in [5, 5.41) is 4.09. The van der Waals surface area contributed by atoms with Gasteiger partial charge in [-0.1, -0.05) is 24.3 Å². The van der Waals surface area contributed by atoms with Crippen LogP contribution in [-0.4, -0.2) is 43.7 Å². The molecule has 1 saturated heterocycles. The molecule has 0 atom stereocenters. The predicted octanol–water partition coefficient (Wildman–Crippen LogP) is 3.11. The maximum Gasteiger partial charge on any atom is 0.253 e. The first-order valence-electron chi connectivity index (χ1n) is 8.85. The van der Waals surface area contributed by atoms with Gasteiger partial charge in [-0.3, -0.25) is 4.79 Å². The summed E-state index contributed by atoms with van der Waals surface area (Å²) in [7, 11) is 0. The lowest BCUT2D eigenvalue weighted by Gasteiger charge is -2.30. The third-order valence-corrected chi connectivity index (χ3v) is 5.56. The zero-order valence-electron chi connectivity index (χ0n) is 14.5. The number of amides is 1. The fourth-order valence-corrected chi connectivity index (χ4v) is 4.12. The molecule has 1 aromatic heterocycles. The molecule has 0 bridgehead atoms. The third kappa shape index (κ3) is 3.71. The van der Waals surface area contributed by atoms with E-state index in [1.165, 1.54) is 4.70 Å². The highest BCUT2D eigenvalue weighted by Crippen LogP contribution is 2.23. The molecule has 2 aromatic carbocycles. The molecule has 0 aliphatic carbocycles. The summed E-state index contributed by atoms with van der Waals surface area (Å²) in [6.45, 7) is 3.61. The van der Waals surface area contributed by atoms with Crippen LogP contribution in [0.2, 0.25) is 0 Å². The van der Waals surface area contributed by atoms with Crippen molar-refractivity contribution in [3.8, 4) is 0 Å². The van der Waals surface area contributed by atoms with Crippen molar-refractivity contribution in [3.05, 3.63) is 59.1 Å². The molecule has 26 heavy (non-hydrogen) atoms. The Morgan fingerprint density at radius 3 is 2.73 bits per heavy atom. The number of ether oxygens (including phenoxy) is 1. The summed E-state index contributed by atoms with van der Waals surface area (Å²) >= 11 is 1.69. The molecule has 134 valence electrons. The smallest absolute Gasteiger partial charge is 0.253 e. The monoisotopic (exact) mass is 367 g/mol. The lowest BCUT2D eigenvalue weighted by Crippen LogP contribution is -2.38. The van der Waals surface area contributed by atoms with E-state index in [0.717, 1.165) is 41.3 Å². The molecule has 1 aliphatic heterocycles. The first-order chi connectivity index (χ1) is 12.8. The highest BCUT2D eigenvalue weighted by Gasteiger charge is 2.18. The highest BCUT2D eigenvalue weighted by molar-refractivity contribution is 7.18. The molecule has 0 unspecified atom stereocenters. The summed E-state index contributed by atoms with van der Waals surface area (Å²) in [5.74, 6) is -0.0341. The van der Waals surface area contributed by atoms with E-state index in [9.17, 15) is 4.79 Å². The fraction of sp³-hybridized carbons (Fsp3) is 0.300. The second kappa shape index (κ2) is 7.85. The second-order valence-corrected chi connectivity index (χ2v) is 7.31. The standard InChI is InChI=1S/C20H21N3O2S/c24-20(15-5-1-3-7-17(15)23-11-13-25-14-12-23)21-10-9-19-22-16-6-2-4-8-18(16)26-19/h1-8H,9-14H2,(H,21,24). The van der Waals surface area contributed by atoms with Gasteiger partial charge >= 0.3 is 0 Å². The number of rotatable bonds is 5. The van der Waals surface area contributed by atoms with Crippen molar-refractivity contribution in [3.63, 3.8) is 0 Å². The number of morpholine rings is 1. The van der Waals surface area contributed by atoms with Gasteiger partial charge in [0.05, 0.1) is 34.0 Å². The number of nitrogens with one attached hydrogen (secondary N) is 1. The number of hydrogen-bond donors (Lipinski definition) is 1. The van der Waals surface area contributed by atoms with Crippen LogP contribution in [-0.2, 0) is 11.2 Å². The molecule has 1 N–H and O–H groups in total. The van der Waals surface area contributed by atoms with E-state index >= 15 is 0 Å². The SMILES string of the molecule is O=C(NCCc1nc2ccccc2s1)c1ccccc1N1CCOCC1. The van der Waals surface area contributed by atoms with Gasteiger partial charge in [0.15, 0.2) is 0 Å². The van der Waals surface area contributed by atoms with E-state index in [0.29, 0.717) is 19.8 Å². The van der Waals surface area contributed by atoms with E-state index in [4.69, 9.17) is 4.74 Å². The zero-order valence-corrected chi connectivity index (χ0v) is 15.3. The Morgan fingerprint density at radius 1 is 1.12 bits per heavy atom. The number of thiazole rings is 1. The highest BCUT2D eigenvalue weighted by atomic mass is 32.1. The molecule has 4 rings (SSSR count). The van der Waals surface area contributed by atoms with Gasteiger partial charge in [-0.05, 0) is 24.3 Å². The molecule has 5 nitrogen and oxygen atoms in total. The van der Waals surface area contributed by atoms with E-state index < -0.39 is 0 Å². The van der Waals surface area contributed by atoms with Gasteiger partial charge in [-0.2, -0.15) is 0 Å². The third-order valence-electron chi connectivity index (χ3n) is 4.46. The summed E-state index contributed by atoms with van der Waals surface area (Å²) in [6, 6.07) is 15.9. The zero-order chi connectivity index (χ0) is 17.8. The first-order valence-corrected chi connectivity index (χ1v) is 9.67. The molecule has 2 heterocycles. The predicted molar refractivity (Wildman–Crippen MR) is 105 cm³/mol. The summed E-state index contributed by atoms with van der Waals surface area (Å²) in [4.78, 5) is 19.5. The Hall–Kier alpha value is -2.44. The Balaban J connectivity index is 1.40. The molecule has 0 radical (unpaired) electrons. The number of fused-ring (bicyclic) bond motifs is 1. The molecule has 0 saturated carbocycles. The van der Waals surface area contributed by atoms with Crippen LogP contribution in [0.3, 0.4) is 0 Å². The van der Waals surface area contributed by atoms with Crippen LogP contribution in [0.15, 0.2) is 48.5 Å². The topological polar surface area (TPSA) is 54.5 Å². The van der Waals surface area contributed by atoms with Crippen molar-refractivity contribution in [1.29, 1.82) is 0 Å². The van der Waals surface area contributed by atoms with Gasteiger partial charge in [0.1, 0.15) is 0 Å². The number of carbonyl (C=O) groups excluding carboxylic acids is 1. The summed E-state index contributed by atoms with van der Waals surface area (Å²) in [5.41, 5.74) is 2.73. The largest absolute Gasteiger partial charge is 0.378 e. The van der Waals surface area contributed by atoms with Crippen LogP contribution < -0.4 is 10.2 Å². The Morgan fingerprint density at radius 2 is 1.88 bits per heavy atom. The van der Waals surface area contributed by atoms with Crippen molar-refractivity contribution < 1.29 is 9.53 Å². The normalized spacial score (nSPS) is 14.5. The minimum atomic E-state index is -0.0341. The quantitative estimate of drug-likeness (QED) is 0.753. The maximum atomic E-state index is 12.7. The van der Waals surface area contributed by atoms with Crippen LogP contribution in [0.25, 0.3) is 10.2 Å². The van der Waals surface area contributed by atoms with Gasteiger partial charge in [0.2, 0.25) is 0 Å². The average molecular weight is 367 g/mol. The van der Waals surface area contributed by atoms with Gasteiger partial charge in [0, 0.05) is 31.7 Å². The Bertz CT molecular complexity index is 870. The number of nitrogens with zero attached hydrogens (tertiary/aromatic N) is 2. The molecule has 1 aliphatic rings. The number of carbonyl (C=O) groups is 1. The van der Waals surface area contributed by atoms with Crippen LogP contribution in [0, 0.1) is 0 Å². The lowest BCUT2D eigenvalue weighted by atomic mass is 10.1. The summed E-state index contributed by atoms with van der Waals surface area (Å²) in [6.07, 6.45) is 0.741. The van der Waals surface area contributed by atoms with Crippen molar-refractivity contribution in [1.82, 2.24) is 10.3 Å². The molecule has 1 fully saturated rings. The number of para-hydroxylation sites is 2. The van der Waals surface area contributed by atoms with Gasteiger partial charge in [-0.15, -0.1) is 11.3 Å². The van der Waals surface area contributed by atoms with E-state index in [-0.39, 0.29) is 5.91 Å². The van der Waals surface area contributed by atoms with Crippen LogP contribution in [0.4, 0.5) is 5.69 Å². The van der Waals surface area contributed by atoms with Gasteiger partial charge in [0.25, 0.3) is 5.91 Å². The van der Waals surface area contributed by atoms with Crippen molar-refractivity contribution in [2.75, 3.05) is 37.7 Å². The molecule has 3 aromatic rings. The van der Waals surface area contributed by atoms with Crippen molar-refractivity contribution in [2.45, 2.75) is 6.42 Å². The molecule has 0 spiro atoms. The average Bonchev–Trinajstić information content (AvgIpc) is 3.11. The van der Waals surface area contributed by atoms with Crippen LogP contribution in [0.5, 0.6) is 0 Å². The summed E-state index contributed by atoms with van der Waals surface area (Å²) < 4.78 is 6.60. The minimum absolute atomic E-state index is 0.0341. The Kier molecular flexibility index (Phi) is 5.13. The van der Waals surface area contributed by atoms with Gasteiger partial charge < -0.3 is 15.0 Å². The fourth-order valence-electron chi connectivity index (χ4n) is 3.15. The number of hydrogen-bond acceptors (Lipinski definition) is 5. The number of aromatic nitrogens is 1. The maximum absolute atomic E-state index is 12.7. The van der Waals surface area contributed by atoms with Crippen molar-refractivity contribution >= 4 is 33.1 Å². The van der Waals surface area contributed by atoms with Crippen LogP contribution in [0.1, 0.15) is 15.4 Å². The Labute approximate surface area is 156 Å². The molecular weight excluding hydrogens is 346 g/mol. The van der Waals surface area contributed by atoms with Crippen LogP contribution >= 0.6 is 11.3 Å². The minimum Gasteiger partial charge on any atom is -0.378 e. The number of benzene rings is 2. The van der Waals surface area contributed by atoms with E-state index in [1.54, 1.807) is 11.3 Å². The van der Waals surface area contributed by atoms with Crippen molar-refractivity contribution in [2.24, 2.45) is 0 Å². The van der Waals surface area contributed by atoms with E-state index in [2.05, 4.69) is 21.3 Å².